The molecule has 4 rings (SSSR count). The van der Waals surface area contributed by atoms with Crippen molar-refractivity contribution < 1.29 is 18.7 Å². The molecule has 30 heavy (non-hydrogen) atoms. The predicted molar refractivity (Wildman–Crippen MR) is 116 cm³/mol. The number of nitrogens with zero attached hydrogens (tertiary/aromatic N) is 2. The van der Waals surface area contributed by atoms with E-state index < -0.39 is 0 Å². The van der Waals surface area contributed by atoms with Crippen molar-refractivity contribution in [2.24, 2.45) is 11.8 Å². The van der Waals surface area contributed by atoms with Crippen molar-refractivity contribution in [3.8, 4) is 11.5 Å². The van der Waals surface area contributed by atoms with Gasteiger partial charge in [0.2, 0.25) is 5.91 Å². The van der Waals surface area contributed by atoms with Gasteiger partial charge in [-0.2, -0.15) is 0 Å². The number of rotatable bonds is 5. The van der Waals surface area contributed by atoms with Crippen molar-refractivity contribution in [3.05, 3.63) is 59.4 Å². The molecule has 2 heterocycles. The van der Waals surface area contributed by atoms with E-state index in [4.69, 9.17) is 9.47 Å². The number of methoxy groups -OCH3 is 2. The lowest BCUT2D eigenvalue weighted by atomic mass is 9.89. The Labute approximate surface area is 183 Å². The van der Waals surface area contributed by atoms with Crippen LogP contribution in [0.1, 0.15) is 17.2 Å². The highest BCUT2D eigenvalue weighted by molar-refractivity contribution is 5.85. The molecule has 0 saturated carbocycles. The van der Waals surface area contributed by atoms with Crippen LogP contribution in [0.4, 0.5) is 4.39 Å². The highest BCUT2D eigenvalue weighted by Gasteiger charge is 2.47. The lowest BCUT2D eigenvalue weighted by Gasteiger charge is -2.27. The first-order valence-electron chi connectivity index (χ1n) is 9.94. The summed E-state index contributed by atoms with van der Waals surface area (Å²) in [6, 6.07) is 12.6. The number of amides is 1. The predicted octanol–water partition coefficient (Wildman–Crippen LogP) is 3.57. The van der Waals surface area contributed by atoms with E-state index >= 15 is 0 Å². The molecule has 0 unspecified atom stereocenters. The molecule has 0 bridgehead atoms. The van der Waals surface area contributed by atoms with Crippen LogP contribution in [0.2, 0.25) is 0 Å². The van der Waals surface area contributed by atoms with Crippen LogP contribution in [0, 0.1) is 17.7 Å². The van der Waals surface area contributed by atoms with Crippen molar-refractivity contribution in [3.63, 3.8) is 0 Å². The van der Waals surface area contributed by atoms with Gasteiger partial charge in [0.05, 0.1) is 20.6 Å². The number of halogens is 2. The van der Waals surface area contributed by atoms with E-state index in [2.05, 4.69) is 11.9 Å². The number of likely N-dealkylation sites (tertiary alicyclic amines) is 2. The Kier molecular flexibility index (Phi) is 6.88. The van der Waals surface area contributed by atoms with E-state index in [1.807, 2.05) is 29.2 Å². The highest BCUT2D eigenvalue weighted by Crippen LogP contribution is 2.44. The Morgan fingerprint density at radius 1 is 1.07 bits per heavy atom. The maximum atomic E-state index is 13.8. The van der Waals surface area contributed by atoms with Crippen molar-refractivity contribution in [1.29, 1.82) is 0 Å². The van der Waals surface area contributed by atoms with Gasteiger partial charge in [0.25, 0.3) is 0 Å². The lowest BCUT2D eigenvalue weighted by Crippen LogP contribution is -2.34. The van der Waals surface area contributed by atoms with Gasteiger partial charge in [0.15, 0.2) is 11.5 Å². The number of hydrogen-bond donors (Lipinski definition) is 0. The number of benzene rings is 2. The molecule has 0 N–H and O–H groups in total. The molecule has 0 spiro atoms. The molecular formula is C23H28ClFN2O3. The summed E-state index contributed by atoms with van der Waals surface area (Å²) in [5.74, 6) is 1.94. The van der Waals surface area contributed by atoms with Crippen LogP contribution in [0.3, 0.4) is 0 Å². The molecule has 7 heteroatoms. The fourth-order valence-electron chi connectivity index (χ4n) is 4.93. The molecule has 1 amide bonds. The molecule has 0 aromatic heterocycles. The summed E-state index contributed by atoms with van der Waals surface area (Å²) in [7, 11) is 5.27. The van der Waals surface area contributed by atoms with Gasteiger partial charge in [-0.1, -0.05) is 18.2 Å². The topological polar surface area (TPSA) is 42.0 Å². The molecule has 2 aromatic rings. The smallest absolute Gasteiger partial charge is 0.227 e. The van der Waals surface area contributed by atoms with E-state index in [9.17, 15) is 9.18 Å². The minimum absolute atomic E-state index is 0. The summed E-state index contributed by atoms with van der Waals surface area (Å²) in [4.78, 5) is 17.2. The zero-order chi connectivity index (χ0) is 20.5. The second-order valence-corrected chi connectivity index (χ2v) is 8.03. The molecule has 2 fully saturated rings. The Hall–Kier alpha value is -2.31. The molecule has 3 atom stereocenters. The molecule has 162 valence electrons. The van der Waals surface area contributed by atoms with Gasteiger partial charge in [-0.3, -0.25) is 9.69 Å². The normalized spacial score (nSPS) is 23.1. The zero-order valence-corrected chi connectivity index (χ0v) is 18.3. The maximum Gasteiger partial charge on any atom is 0.227 e. The van der Waals surface area contributed by atoms with Gasteiger partial charge in [0.1, 0.15) is 5.82 Å². The summed E-state index contributed by atoms with van der Waals surface area (Å²) in [6.45, 7) is 2.39. The largest absolute Gasteiger partial charge is 0.493 e. The van der Waals surface area contributed by atoms with Crippen molar-refractivity contribution in [2.75, 3.05) is 40.9 Å². The second kappa shape index (κ2) is 9.23. The third kappa shape index (κ3) is 4.25. The van der Waals surface area contributed by atoms with Gasteiger partial charge < -0.3 is 14.4 Å². The van der Waals surface area contributed by atoms with Gasteiger partial charge in [0, 0.05) is 31.6 Å². The second-order valence-electron chi connectivity index (χ2n) is 8.03. The molecule has 0 aliphatic carbocycles. The number of fused-ring (bicyclic) bond motifs is 1. The lowest BCUT2D eigenvalue weighted by molar-refractivity contribution is -0.129. The van der Waals surface area contributed by atoms with E-state index in [1.165, 1.54) is 6.07 Å². The fourth-order valence-corrected chi connectivity index (χ4v) is 4.93. The molecule has 2 saturated heterocycles. The van der Waals surface area contributed by atoms with Crippen LogP contribution < -0.4 is 9.47 Å². The average Bonchev–Trinajstić information content (AvgIpc) is 3.24. The first-order valence-corrected chi connectivity index (χ1v) is 9.94. The van der Waals surface area contributed by atoms with Crippen LogP contribution in [-0.2, 0) is 11.2 Å². The number of carbonyl (C=O) groups is 1. The maximum absolute atomic E-state index is 13.8. The molecule has 2 aliphatic heterocycles. The van der Waals surface area contributed by atoms with Crippen LogP contribution >= 0.6 is 12.4 Å². The minimum atomic E-state index is -0.210. The number of hydrogen-bond acceptors (Lipinski definition) is 4. The van der Waals surface area contributed by atoms with E-state index in [1.54, 1.807) is 26.4 Å². The Balaban J connectivity index is 0.00000256. The average molecular weight is 435 g/mol. The summed E-state index contributed by atoms with van der Waals surface area (Å²) in [5, 5.41) is 0. The van der Waals surface area contributed by atoms with Gasteiger partial charge in [-0.15, -0.1) is 12.4 Å². The zero-order valence-electron chi connectivity index (χ0n) is 17.5. The van der Waals surface area contributed by atoms with Crippen molar-refractivity contribution in [2.45, 2.75) is 12.5 Å². The Morgan fingerprint density at radius 3 is 2.53 bits per heavy atom. The molecular weight excluding hydrogens is 407 g/mol. The summed E-state index contributed by atoms with van der Waals surface area (Å²) in [5.41, 5.74) is 1.90. The first kappa shape index (κ1) is 22.4. The monoisotopic (exact) mass is 434 g/mol. The number of carbonyl (C=O) groups excluding carboxylic acids is 1. The van der Waals surface area contributed by atoms with E-state index in [0.717, 1.165) is 24.2 Å². The van der Waals surface area contributed by atoms with Crippen LogP contribution in [0.25, 0.3) is 0 Å². The van der Waals surface area contributed by atoms with Crippen molar-refractivity contribution >= 4 is 18.3 Å². The Morgan fingerprint density at radius 2 is 1.83 bits per heavy atom. The van der Waals surface area contributed by atoms with Gasteiger partial charge in [-0.25, -0.2) is 4.39 Å². The third-order valence-electron chi connectivity index (χ3n) is 6.24. The third-order valence-corrected chi connectivity index (χ3v) is 6.24. The van der Waals surface area contributed by atoms with Gasteiger partial charge in [-0.05, 0) is 48.4 Å². The SMILES string of the molecule is COc1ccc(CC(=O)N2C[C@@H]3CN(C)[C@@H](c4cccc(F)c4)[C@@H]3C2)cc1OC.Cl. The highest BCUT2D eigenvalue weighted by atomic mass is 35.5. The van der Waals surface area contributed by atoms with E-state index in [-0.39, 0.29) is 30.2 Å². The minimum Gasteiger partial charge on any atom is -0.493 e. The molecule has 5 nitrogen and oxygen atoms in total. The molecule has 0 radical (unpaired) electrons. The first-order chi connectivity index (χ1) is 14.0. The summed E-state index contributed by atoms with van der Waals surface area (Å²) in [6.07, 6.45) is 0.334. The molecule has 2 aromatic carbocycles. The van der Waals surface area contributed by atoms with Crippen LogP contribution in [0.5, 0.6) is 11.5 Å². The summed E-state index contributed by atoms with van der Waals surface area (Å²) < 4.78 is 24.4. The van der Waals surface area contributed by atoms with Crippen LogP contribution in [0.15, 0.2) is 42.5 Å². The molecule has 2 aliphatic rings. The summed E-state index contributed by atoms with van der Waals surface area (Å²) >= 11 is 0. The van der Waals surface area contributed by atoms with Crippen LogP contribution in [-0.4, -0.2) is 56.6 Å². The quantitative estimate of drug-likeness (QED) is 0.721. The van der Waals surface area contributed by atoms with E-state index in [0.29, 0.717) is 36.3 Å². The van der Waals surface area contributed by atoms with Crippen molar-refractivity contribution in [1.82, 2.24) is 9.80 Å². The standard InChI is InChI=1S/C23H27FN2O3.ClH/c1-25-12-17-13-26(14-19(17)23(25)16-5-4-6-18(24)11-16)22(27)10-15-7-8-20(28-2)21(9-15)29-3;/h4-9,11,17,19,23H,10,12-14H2,1-3H3;1H/t17-,19+,23-;/m0./s1. The van der Waals surface area contributed by atoms with Gasteiger partial charge >= 0.3 is 0 Å². The number of ether oxygens (including phenoxy) is 2. The Bertz CT molecular complexity index is 910. The fraction of sp³-hybridized carbons (Fsp3) is 0.435.